The van der Waals surface area contributed by atoms with Gasteiger partial charge in [-0.3, -0.25) is 4.79 Å². The highest BCUT2D eigenvalue weighted by molar-refractivity contribution is 5.83. The summed E-state index contributed by atoms with van der Waals surface area (Å²) in [7, 11) is 0. The molecule has 1 atom stereocenters. The highest BCUT2D eigenvalue weighted by Gasteiger charge is 2.18. The number of unbranched alkanes of at least 4 members (excludes halogenated alkanes) is 8. The fourth-order valence-electron chi connectivity index (χ4n) is 3.68. The van der Waals surface area contributed by atoms with Crippen molar-refractivity contribution in [3.63, 3.8) is 0 Å². The summed E-state index contributed by atoms with van der Waals surface area (Å²) >= 11 is 0. The normalized spacial score (nSPS) is 12.3. The Morgan fingerprint density at radius 3 is 2.04 bits per heavy atom. The molecule has 2 heteroatoms. The van der Waals surface area contributed by atoms with Crippen LogP contribution in [-0.2, 0) is 0 Å². The summed E-state index contributed by atoms with van der Waals surface area (Å²) in [6.45, 7) is 8.33. The molecule has 0 saturated carbocycles. The Balaban J connectivity index is 2.38. The van der Waals surface area contributed by atoms with Crippen LogP contribution in [0.3, 0.4) is 0 Å². The van der Waals surface area contributed by atoms with Crippen LogP contribution in [0.4, 0.5) is 0 Å². The van der Waals surface area contributed by atoms with Crippen LogP contribution in [0.2, 0.25) is 0 Å². The van der Waals surface area contributed by atoms with Crippen LogP contribution < -0.4 is 0 Å². The first kappa shape index (κ1) is 20.7. The second kappa shape index (κ2) is 11.3. The highest BCUT2D eigenvalue weighted by Crippen LogP contribution is 2.36. The first-order chi connectivity index (χ1) is 11.5. The Labute approximate surface area is 148 Å². The lowest BCUT2D eigenvalue weighted by atomic mass is 9.87. The standard InChI is InChI=1S/C22H36O2/c1-5-6-7-8-9-10-11-12-13-14-17(2)21-19(4)15-18(3)20(16-23)22(21)24/h15-17,24H,5-14H2,1-4H3. The molecule has 1 aromatic carbocycles. The Morgan fingerprint density at radius 1 is 0.958 bits per heavy atom. The molecule has 0 bridgehead atoms. The maximum Gasteiger partial charge on any atom is 0.154 e. The Morgan fingerprint density at radius 2 is 1.50 bits per heavy atom. The zero-order valence-corrected chi connectivity index (χ0v) is 16.2. The number of phenols is 1. The molecule has 0 aliphatic heterocycles. The number of hydrogen-bond donors (Lipinski definition) is 1. The number of carbonyl (C=O) groups excluding carboxylic acids is 1. The van der Waals surface area contributed by atoms with Crippen molar-refractivity contribution in [3.8, 4) is 5.75 Å². The van der Waals surface area contributed by atoms with E-state index in [1.54, 1.807) is 0 Å². The number of aryl methyl sites for hydroxylation is 2. The first-order valence-electron chi connectivity index (χ1n) is 9.81. The van der Waals surface area contributed by atoms with Crippen molar-refractivity contribution in [1.82, 2.24) is 0 Å². The van der Waals surface area contributed by atoms with E-state index in [1.807, 2.05) is 19.9 Å². The number of benzene rings is 1. The monoisotopic (exact) mass is 332 g/mol. The summed E-state index contributed by atoms with van der Waals surface area (Å²) in [6.07, 6.45) is 13.8. The van der Waals surface area contributed by atoms with Gasteiger partial charge in [-0.2, -0.15) is 0 Å². The smallest absolute Gasteiger partial charge is 0.154 e. The van der Waals surface area contributed by atoms with Gasteiger partial charge in [0.1, 0.15) is 5.75 Å². The van der Waals surface area contributed by atoms with Gasteiger partial charge in [0, 0.05) is 5.56 Å². The zero-order chi connectivity index (χ0) is 17.9. The van der Waals surface area contributed by atoms with Crippen molar-refractivity contribution in [2.24, 2.45) is 0 Å². The van der Waals surface area contributed by atoms with Gasteiger partial charge in [0.25, 0.3) is 0 Å². The second-order valence-corrected chi connectivity index (χ2v) is 7.32. The third-order valence-corrected chi connectivity index (χ3v) is 5.14. The molecule has 0 saturated heterocycles. The number of rotatable bonds is 12. The fourth-order valence-corrected chi connectivity index (χ4v) is 3.68. The van der Waals surface area contributed by atoms with Crippen LogP contribution in [0.1, 0.15) is 111 Å². The van der Waals surface area contributed by atoms with Gasteiger partial charge < -0.3 is 5.11 Å². The van der Waals surface area contributed by atoms with Crippen molar-refractivity contribution in [2.45, 2.75) is 97.8 Å². The average molecular weight is 333 g/mol. The molecule has 0 heterocycles. The molecule has 0 aliphatic carbocycles. The van der Waals surface area contributed by atoms with Crippen molar-refractivity contribution in [1.29, 1.82) is 0 Å². The quantitative estimate of drug-likeness (QED) is 0.336. The van der Waals surface area contributed by atoms with Gasteiger partial charge in [0.05, 0.1) is 5.56 Å². The lowest BCUT2D eigenvalue weighted by Crippen LogP contribution is -2.02. The van der Waals surface area contributed by atoms with Gasteiger partial charge in [0.15, 0.2) is 6.29 Å². The van der Waals surface area contributed by atoms with Crippen molar-refractivity contribution >= 4 is 6.29 Å². The van der Waals surface area contributed by atoms with E-state index < -0.39 is 0 Å². The molecule has 0 spiro atoms. The highest BCUT2D eigenvalue weighted by atomic mass is 16.3. The van der Waals surface area contributed by atoms with Crippen LogP contribution in [0.15, 0.2) is 6.07 Å². The Kier molecular flexibility index (Phi) is 9.75. The minimum Gasteiger partial charge on any atom is -0.507 e. The van der Waals surface area contributed by atoms with Gasteiger partial charge in [-0.25, -0.2) is 0 Å². The fraction of sp³-hybridized carbons (Fsp3) is 0.682. The van der Waals surface area contributed by atoms with Gasteiger partial charge in [-0.15, -0.1) is 0 Å². The minimum atomic E-state index is 0.200. The van der Waals surface area contributed by atoms with Gasteiger partial charge >= 0.3 is 0 Å². The molecule has 0 fully saturated rings. The van der Waals surface area contributed by atoms with Crippen LogP contribution in [0.5, 0.6) is 5.75 Å². The van der Waals surface area contributed by atoms with E-state index in [9.17, 15) is 9.90 Å². The van der Waals surface area contributed by atoms with E-state index in [0.717, 1.165) is 29.4 Å². The number of phenolic OH excluding ortho intramolecular Hbond substituents is 1. The van der Waals surface area contributed by atoms with E-state index >= 15 is 0 Å². The zero-order valence-electron chi connectivity index (χ0n) is 16.2. The lowest BCUT2D eigenvalue weighted by Gasteiger charge is -2.19. The van der Waals surface area contributed by atoms with Crippen LogP contribution >= 0.6 is 0 Å². The molecule has 2 nitrogen and oxygen atoms in total. The van der Waals surface area contributed by atoms with Crippen LogP contribution in [0.25, 0.3) is 0 Å². The summed E-state index contributed by atoms with van der Waals surface area (Å²) in [5.41, 5.74) is 3.37. The van der Waals surface area contributed by atoms with Crippen LogP contribution in [0, 0.1) is 13.8 Å². The number of aldehydes is 1. The van der Waals surface area contributed by atoms with E-state index in [4.69, 9.17) is 0 Å². The van der Waals surface area contributed by atoms with E-state index in [0.29, 0.717) is 11.5 Å². The molecule has 0 aromatic heterocycles. The number of aromatic hydroxyl groups is 1. The summed E-state index contributed by atoms with van der Waals surface area (Å²) in [6, 6.07) is 2.02. The van der Waals surface area contributed by atoms with E-state index in [-0.39, 0.29) is 5.75 Å². The SMILES string of the molecule is CCCCCCCCCCCC(C)c1c(C)cc(C)c(C=O)c1O. The third kappa shape index (κ3) is 6.30. The minimum absolute atomic E-state index is 0.200. The summed E-state index contributed by atoms with van der Waals surface area (Å²) in [4.78, 5) is 11.2. The molecule has 136 valence electrons. The molecule has 0 radical (unpaired) electrons. The first-order valence-corrected chi connectivity index (χ1v) is 9.81. The van der Waals surface area contributed by atoms with E-state index in [2.05, 4.69) is 13.8 Å². The predicted octanol–water partition coefficient (Wildman–Crippen LogP) is 6.85. The molecule has 1 rings (SSSR count). The molecular weight excluding hydrogens is 296 g/mol. The predicted molar refractivity (Wildman–Crippen MR) is 103 cm³/mol. The third-order valence-electron chi connectivity index (χ3n) is 5.14. The summed E-state index contributed by atoms with van der Waals surface area (Å²) < 4.78 is 0. The summed E-state index contributed by atoms with van der Waals surface area (Å²) in [5.74, 6) is 0.500. The second-order valence-electron chi connectivity index (χ2n) is 7.32. The van der Waals surface area contributed by atoms with Crippen molar-refractivity contribution in [2.75, 3.05) is 0 Å². The topological polar surface area (TPSA) is 37.3 Å². The summed E-state index contributed by atoms with van der Waals surface area (Å²) in [5, 5.41) is 10.4. The number of hydrogen-bond acceptors (Lipinski definition) is 2. The molecule has 1 N–H and O–H groups in total. The van der Waals surface area contributed by atoms with Crippen molar-refractivity contribution in [3.05, 3.63) is 28.3 Å². The average Bonchev–Trinajstić information content (AvgIpc) is 2.53. The molecule has 1 unspecified atom stereocenters. The molecule has 0 aliphatic rings. The molecular formula is C22H36O2. The largest absolute Gasteiger partial charge is 0.507 e. The van der Waals surface area contributed by atoms with Gasteiger partial charge in [-0.1, -0.05) is 77.7 Å². The Hall–Kier alpha value is -1.31. The van der Waals surface area contributed by atoms with Crippen LogP contribution in [-0.4, -0.2) is 11.4 Å². The van der Waals surface area contributed by atoms with Gasteiger partial charge in [0.2, 0.25) is 0 Å². The maximum absolute atomic E-state index is 11.2. The Bertz CT molecular complexity index is 505. The molecule has 24 heavy (non-hydrogen) atoms. The number of carbonyl (C=O) groups is 1. The van der Waals surface area contributed by atoms with E-state index in [1.165, 1.54) is 57.8 Å². The molecule has 0 amide bonds. The lowest BCUT2D eigenvalue weighted by molar-refractivity contribution is 0.112. The maximum atomic E-state index is 11.2. The van der Waals surface area contributed by atoms with Crippen molar-refractivity contribution < 1.29 is 9.90 Å². The molecule has 1 aromatic rings. The van der Waals surface area contributed by atoms with Gasteiger partial charge in [-0.05, 0) is 37.3 Å².